The van der Waals surface area contributed by atoms with E-state index in [-0.39, 0.29) is 24.3 Å². The van der Waals surface area contributed by atoms with Crippen molar-refractivity contribution in [1.29, 1.82) is 0 Å². The SMILES string of the molecule is COc1ccc2cc(Br)ccc2c1CN1C(=O)[C@@H](NC(=O)C(NC(=O)OC(C)(C)C)C2CC2)CCc2ccccc21. The Bertz CT molecular complexity index is 1480. The van der Waals surface area contributed by atoms with E-state index in [0.717, 1.165) is 44.9 Å². The normalized spacial score (nSPS) is 17.8. The zero-order valence-corrected chi connectivity index (χ0v) is 25.4. The number of hydrogen-bond donors (Lipinski definition) is 2. The maximum Gasteiger partial charge on any atom is 0.408 e. The van der Waals surface area contributed by atoms with Crippen molar-refractivity contribution in [3.8, 4) is 5.75 Å². The fourth-order valence-electron chi connectivity index (χ4n) is 5.39. The molecular weight excluding hydrogens is 586 g/mol. The Morgan fingerprint density at radius 1 is 1.07 bits per heavy atom. The second-order valence-corrected chi connectivity index (χ2v) is 12.6. The highest BCUT2D eigenvalue weighted by molar-refractivity contribution is 9.10. The summed E-state index contributed by atoms with van der Waals surface area (Å²) >= 11 is 3.55. The summed E-state index contributed by atoms with van der Waals surface area (Å²) in [5.74, 6) is 0.141. The van der Waals surface area contributed by atoms with Crippen LogP contribution in [-0.4, -0.2) is 42.7 Å². The van der Waals surface area contributed by atoms with Gasteiger partial charge in [-0.05, 0) is 93.0 Å². The first kappa shape index (κ1) is 28.9. The molecule has 41 heavy (non-hydrogen) atoms. The minimum atomic E-state index is -0.758. The molecule has 8 nitrogen and oxygen atoms in total. The lowest BCUT2D eigenvalue weighted by atomic mass is 10.0. The molecule has 216 valence electrons. The number of halogens is 1. The van der Waals surface area contributed by atoms with Gasteiger partial charge in [-0.25, -0.2) is 4.79 Å². The number of carbonyl (C=O) groups is 3. The highest BCUT2D eigenvalue weighted by Gasteiger charge is 2.40. The third-order valence-electron chi connectivity index (χ3n) is 7.50. The van der Waals surface area contributed by atoms with E-state index >= 15 is 0 Å². The Morgan fingerprint density at radius 2 is 1.83 bits per heavy atom. The van der Waals surface area contributed by atoms with E-state index in [9.17, 15) is 14.4 Å². The molecule has 0 saturated heterocycles. The molecule has 0 spiro atoms. The summed E-state index contributed by atoms with van der Waals surface area (Å²) in [7, 11) is 1.63. The van der Waals surface area contributed by atoms with Gasteiger partial charge in [-0.15, -0.1) is 0 Å². The van der Waals surface area contributed by atoms with Crippen LogP contribution >= 0.6 is 15.9 Å². The van der Waals surface area contributed by atoms with Crippen LogP contribution in [0.5, 0.6) is 5.75 Å². The monoisotopic (exact) mass is 621 g/mol. The van der Waals surface area contributed by atoms with Crippen LogP contribution in [0.2, 0.25) is 0 Å². The number of anilines is 1. The first-order valence-electron chi connectivity index (χ1n) is 14.0. The van der Waals surface area contributed by atoms with E-state index < -0.39 is 23.8 Å². The minimum absolute atomic E-state index is 0.0240. The van der Waals surface area contributed by atoms with Crippen molar-refractivity contribution < 1.29 is 23.9 Å². The molecule has 2 aliphatic rings. The third-order valence-corrected chi connectivity index (χ3v) is 7.99. The van der Waals surface area contributed by atoms with E-state index in [4.69, 9.17) is 9.47 Å². The number of nitrogens with zero attached hydrogens (tertiary/aromatic N) is 1. The summed E-state index contributed by atoms with van der Waals surface area (Å²) in [6, 6.07) is 16.3. The van der Waals surface area contributed by atoms with Crippen molar-refractivity contribution in [1.82, 2.24) is 10.6 Å². The van der Waals surface area contributed by atoms with Crippen molar-refractivity contribution in [2.24, 2.45) is 5.92 Å². The maximum atomic E-state index is 14.2. The molecule has 2 atom stereocenters. The Labute approximate surface area is 248 Å². The average Bonchev–Trinajstić information content (AvgIpc) is 3.77. The van der Waals surface area contributed by atoms with Gasteiger partial charge in [-0.3, -0.25) is 9.59 Å². The van der Waals surface area contributed by atoms with Gasteiger partial charge < -0.3 is 25.0 Å². The molecule has 0 bridgehead atoms. The zero-order valence-electron chi connectivity index (χ0n) is 23.8. The molecule has 1 unspecified atom stereocenters. The Kier molecular flexibility index (Phi) is 8.27. The van der Waals surface area contributed by atoms with Crippen LogP contribution in [0.3, 0.4) is 0 Å². The van der Waals surface area contributed by atoms with Crippen LogP contribution in [-0.2, 0) is 27.3 Å². The number of amides is 3. The van der Waals surface area contributed by atoms with Crippen molar-refractivity contribution in [3.63, 3.8) is 0 Å². The number of fused-ring (bicyclic) bond motifs is 2. The fourth-order valence-corrected chi connectivity index (χ4v) is 5.77. The smallest absolute Gasteiger partial charge is 0.408 e. The van der Waals surface area contributed by atoms with Crippen LogP contribution < -0.4 is 20.3 Å². The molecule has 1 aliphatic carbocycles. The summed E-state index contributed by atoms with van der Waals surface area (Å²) in [5.41, 5.74) is 2.05. The third kappa shape index (κ3) is 6.67. The second-order valence-electron chi connectivity index (χ2n) is 11.7. The van der Waals surface area contributed by atoms with Crippen molar-refractivity contribution >= 4 is 50.3 Å². The predicted octanol–water partition coefficient (Wildman–Crippen LogP) is 5.88. The van der Waals surface area contributed by atoms with E-state index in [1.807, 2.05) is 54.6 Å². The van der Waals surface area contributed by atoms with Gasteiger partial charge in [0.25, 0.3) is 0 Å². The van der Waals surface area contributed by atoms with Gasteiger partial charge in [0.15, 0.2) is 0 Å². The summed E-state index contributed by atoms with van der Waals surface area (Å²) in [6.45, 7) is 5.60. The summed E-state index contributed by atoms with van der Waals surface area (Å²) in [5, 5.41) is 7.74. The molecule has 3 amide bonds. The molecule has 5 rings (SSSR count). The zero-order chi connectivity index (χ0) is 29.3. The van der Waals surface area contributed by atoms with Crippen LogP contribution in [0.25, 0.3) is 10.8 Å². The van der Waals surface area contributed by atoms with E-state index in [1.165, 1.54) is 0 Å². The topological polar surface area (TPSA) is 97.0 Å². The lowest BCUT2D eigenvalue weighted by Gasteiger charge is -2.29. The molecule has 0 radical (unpaired) electrons. The largest absolute Gasteiger partial charge is 0.496 e. The molecule has 1 aliphatic heterocycles. The lowest BCUT2D eigenvalue weighted by Crippen LogP contribution is -2.55. The molecule has 0 aromatic heterocycles. The van der Waals surface area contributed by atoms with Crippen LogP contribution in [0, 0.1) is 5.92 Å². The molecule has 1 heterocycles. The number of hydrogen-bond acceptors (Lipinski definition) is 5. The first-order valence-corrected chi connectivity index (χ1v) is 14.8. The number of carbonyl (C=O) groups excluding carboxylic acids is 3. The molecule has 3 aromatic rings. The van der Waals surface area contributed by atoms with Gasteiger partial charge in [0, 0.05) is 15.7 Å². The second kappa shape index (κ2) is 11.7. The minimum Gasteiger partial charge on any atom is -0.496 e. The van der Waals surface area contributed by atoms with Crippen LogP contribution in [0.1, 0.15) is 51.2 Å². The fraction of sp³-hybridized carbons (Fsp3) is 0.406. The quantitative estimate of drug-likeness (QED) is 0.343. The van der Waals surface area contributed by atoms with Gasteiger partial charge in [0.2, 0.25) is 11.8 Å². The number of methoxy groups -OCH3 is 1. The molecule has 1 fully saturated rings. The van der Waals surface area contributed by atoms with E-state index in [2.05, 4.69) is 26.6 Å². The number of benzene rings is 3. The number of para-hydroxylation sites is 1. The Hall–Kier alpha value is -3.59. The van der Waals surface area contributed by atoms with Crippen LogP contribution in [0.15, 0.2) is 59.1 Å². The highest BCUT2D eigenvalue weighted by atomic mass is 79.9. The standard InChI is InChI=1S/C32H36BrN3O5/c1-32(2,3)41-31(39)35-28(20-9-10-20)29(37)34-25-15-11-19-7-5-6-8-26(19)36(30(25)38)18-24-23-14-13-22(33)17-21(23)12-16-27(24)40-4/h5-8,12-14,16-17,20,25,28H,9-11,15,18H2,1-4H3,(H,34,37)(H,35,39)/t25-,28?/m0/s1. The van der Waals surface area contributed by atoms with Crippen LogP contribution in [0.4, 0.5) is 10.5 Å². The molecule has 1 saturated carbocycles. The average molecular weight is 623 g/mol. The first-order chi connectivity index (χ1) is 19.5. The summed E-state index contributed by atoms with van der Waals surface area (Å²) in [4.78, 5) is 42.0. The number of aryl methyl sites for hydroxylation is 1. The molecule has 2 N–H and O–H groups in total. The molecule has 3 aromatic carbocycles. The van der Waals surface area contributed by atoms with Crippen molar-refractivity contribution in [2.45, 2.75) is 70.7 Å². The van der Waals surface area contributed by atoms with Gasteiger partial charge in [-0.2, -0.15) is 0 Å². The van der Waals surface area contributed by atoms with Gasteiger partial charge in [-0.1, -0.05) is 46.3 Å². The van der Waals surface area contributed by atoms with Gasteiger partial charge in [0.05, 0.1) is 13.7 Å². The van der Waals surface area contributed by atoms with Crippen molar-refractivity contribution in [3.05, 3.63) is 70.2 Å². The van der Waals surface area contributed by atoms with E-state index in [0.29, 0.717) is 18.6 Å². The summed E-state index contributed by atoms with van der Waals surface area (Å²) < 4.78 is 12.1. The predicted molar refractivity (Wildman–Crippen MR) is 162 cm³/mol. The number of ether oxygens (including phenoxy) is 2. The maximum absolute atomic E-state index is 14.2. The Morgan fingerprint density at radius 3 is 2.54 bits per heavy atom. The van der Waals surface area contributed by atoms with E-state index in [1.54, 1.807) is 32.8 Å². The number of alkyl carbamates (subject to hydrolysis) is 1. The van der Waals surface area contributed by atoms with Gasteiger partial charge >= 0.3 is 6.09 Å². The molecule has 9 heteroatoms. The number of nitrogens with one attached hydrogen (secondary N) is 2. The molecular formula is C32H36BrN3O5. The lowest BCUT2D eigenvalue weighted by molar-refractivity contribution is -0.129. The highest BCUT2D eigenvalue weighted by Crippen LogP contribution is 2.36. The Balaban J connectivity index is 1.44. The number of rotatable bonds is 7. The van der Waals surface area contributed by atoms with Crippen molar-refractivity contribution in [2.75, 3.05) is 12.0 Å². The summed E-state index contributed by atoms with van der Waals surface area (Å²) in [6.07, 6.45) is 2.10. The van der Waals surface area contributed by atoms with Gasteiger partial charge in [0.1, 0.15) is 23.4 Å².